The molecule has 0 aromatic carbocycles. The van der Waals surface area contributed by atoms with Crippen molar-refractivity contribution in [3.05, 3.63) is 0 Å². The largest absolute Gasteiger partial charge is 0.330 e. The summed E-state index contributed by atoms with van der Waals surface area (Å²) in [4.78, 5) is 0. The molecule has 92 valence electrons. The van der Waals surface area contributed by atoms with Gasteiger partial charge in [0.1, 0.15) is 9.84 Å². The summed E-state index contributed by atoms with van der Waals surface area (Å²) in [6.07, 6.45) is 3.52. The van der Waals surface area contributed by atoms with E-state index in [0.29, 0.717) is 18.7 Å². The molecule has 0 aromatic rings. The van der Waals surface area contributed by atoms with Gasteiger partial charge in [0.15, 0.2) is 0 Å². The summed E-state index contributed by atoms with van der Waals surface area (Å²) in [5.74, 6) is 0.613. The summed E-state index contributed by atoms with van der Waals surface area (Å²) < 4.78 is 23.3. The minimum absolute atomic E-state index is 0.0577. The minimum atomic E-state index is -2.85. The van der Waals surface area contributed by atoms with Crippen molar-refractivity contribution >= 4 is 9.84 Å². The van der Waals surface area contributed by atoms with Gasteiger partial charge in [-0.3, -0.25) is 0 Å². The summed E-state index contributed by atoms with van der Waals surface area (Å²) >= 11 is 0. The average molecular weight is 235 g/mol. The zero-order valence-corrected chi connectivity index (χ0v) is 11.1. The van der Waals surface area contributed by atoms with E-state index < -0.39 is 9.84 Å². The number of sulfone groups is 1. The Hall–Kier alpha value is -0.0900. The van der Waals surface area contributed by atoms with Crippen LogP contribution in [0.4, 0.5) is 0 Å². The smallest absolute Gasteiger partial charge is 0.150 e. The van der Waals surface area contributed by atoms with Gasteiger partial charge >= 0.3 is 0 Å². The van der Waals surface area contributed by atoms with E-state index in [0.717, 1.165) is 19.3 Å². The van der Waals surface area contributed by atoms with Crippen LogP contribution in [0.5, 0.6) is 0 Å². The molecule has 0 saturated heterocycles. The zero-order valence-electron chi connectivity index (χ0n) is 10.3. The SMILES string of the molecule is CCCCCS(=O)(=O)CCC(C)(C)CN. The molecular weight excluding hydrogens is 210 g/mol. The Kier molecular flexibility index (Phi) is 6.44. The van der Waals surface area contributed by atoms with Gasteiger partial charge in [-0.1, -0.05) is 33.6 Å². The van der Waals surface area contributed by atoms with Gasteiger partial charge in [-0.25, -0.2) is 8.42 Å². The first-order valence-electron chi connectivity index (χ1n) is 5.73. The standard InChI is InChI=1S/C11H25NO2S/c1-4-5-6-8-15(13,14)9-7-11(2,3)10-12/h4-10,12H2,1-3H3. The fourth-order valence-electron chi connectivity index (χ4n) is 1.21. The van der Waals surface area contributed by atoms with Gasteiger partial charge in [0.05, 0.1) is 11.5 Å². The fraction of sp³-hybridized carbons (Fsp3) is 1.00. The first kappa shape index (κ1) is 14.9. The van der Waals surface area contributed by atoms with E-state index in [4.69, 9.17) is 5.73 Å². The van der Waals surface area contributed by atoms with Crippen LogP contribution in [0.15, 0.2) is 0 Å². The van der Waals surface area contributed by atoms with Crippen molar-refractivity contribution < 1.29 is 8.42 Å². The second-order valence-electron chi connectivity index (χ2n) is 4.98. The van der Waals surface area contributed by atoms with Crippen molar-refractivity contribution in [3.8, 4) is 0 Å². The minimum Gasteiger partial charge on any atom is -0.330 e. The Balaban J connectivity index is 3.94. The molecular formula is C11H25NO2S. The molecule has 0 aliphatic rings. The molecule has 2 N–H and O–H groups in total. The van der Waals surface area contributed by atoms with E-state index in [2.05, 4.69) is 6.92 Å². The predicted molar refractivity (Wildman–Crippen MR) is 65.6 cm³/mol. The molecule has 0 saturated carbocycles. The van der Waals surface area contributed by atoms with Crippen molar-refractivity contribution in [2.75, 3.05) is 18.1 Å². The van der Waals surface area contributed by atoms with E-state index in [1.54, 1.807) is 0 Å². The molecule has 0 amide bonds. The lowest BCUT2D eigenvalue weighted by molar-refractivity contribution is 0.365. The number of nitrogens with two attached hydrogens (primary N) is 1. The number of unbranched alkanes of at least 4 members (excludes halogenated alkanes) is 2. The molecule has 15 heavy (non-hydrogen) atoms. The number of hydrogen-bond donors (Lipinski definition) is 1. The molecule has 0 aliphatic carbocycles. The van der Waals surface area contributed by atoms with Crippen LogP contribution in [0.2, 0.25) is 0 Å². The lowest BCUT2D eigenvalue weighted by Gasteiger charge is -2.21. The van der Waals surface area contributed by atoms with Crippen molar-refractivity contribution in [2.45, 2.75) is 46.5 Å². The van der Waals surface area contributed by atoms with E-state index in [-0.39, 0.29) is 11.2 Å². The number of rotatable bonds is 8. The van der Waals surface area contributed by atoms with Crippen molar-refractivity contribution in [3.63, 3.8) is 0 Å². The van der Waals surface area contributed by atoms with Crippen LogP contribution >= 0.6 is 0 Å². The van der Waals surface area contributed by atoms with Gasteiger partial charge < -0.3 is 5.73 Å². The fourth-order valence-corrected chi connectivity index (χ4v) is 2.92. The maximum atomic E-state index is 11.6. The van der Waals surface area contributed by atoms with Crippen LogP contribution < -0.4 is 5.73 Å². The van der Waals surface area contributed by atoms with Gasteiger partial charge in [0, 0.05) is 0 Å². The second kappa shape index (κ2) is 6.48. The van der Waals surface area contributed by atoms with Gasteiger partial charge in [-0.05, 0) is 24.8 Å². The summed E-state index contributed by atoms with van der Waals surface area (Å²) in [7, 11) is -2.85. The zero-order chi connectivity index (χ0) is 11.9. The highest BCUT2D eigenvalue weighted by atomic mass is 32.2. The molecule has 0 unspecified atom stereocenters. The third-order valence-corrected chi connectivity index (χ3v) is 4.44. The first-order chi connectivity index (χ1) is 6.83. The van der Waals surface area contributed by atoms with Crippen molar-refractivity contribution in [1.29, 1.82) is 0 Å². The summed E-state index contributed by atoms with van der Waals surface area (Å²) in [5, 5.41) is 0. The predicted octanol–water partition coefficient (Wildman–Crippen LogP) is 1.97. The average Bonchev–Trinajstić information content (AvgIpc) is 2.16. The molecule has 3 nitrogen and oxygen atoms in total. The van der Waals surface area contributed by atoms with Crippen LogP contribution in [0.3, 0.4) is 0 Å². The highest BCUT2D eigenvalue weighted by Gasteiger charge is 2.19. The molecule has 0 bridgehead atoms. The monoisotopic (exact) mass is 235 g/mol. The van der Waals surface area contributed by atoms with Gasteiger partial charge in [0.25, 0.3) is 0 Å². The molecule has 0 radical (unpaired) electrons. The molecule has 0 heterocycles. The highest BCUT2D eigenvalue weighted by Crippen LogP contribution is 2.19. The topological polar surface area (TPSA) is 60.2 Å². The third-order valence-electron chi connectivity index (χ3n) is 2.70. The van der Waals surface area contributed by atoms with Crippen LogP contribution in [-0.4, -0.2) is 26.5 Å². The Morgan fingerprint density at radius 2 is 1.73 bits per heavy atom. The van der Waals surface area contributed by atoms with Gasteiger partial charge in [0.2, 0.25) is 0 Å². The van der Waals surface area contributed by atoms with E-state index >= 15 is 0 Å². The van der Waals surface area contributed by atoms with Crippen LogP contribution in [-0.2, 0) is 9.84 Å². The van der Waals surface area contributed by atoms with E-state index in [1.165, 1.54) is 0 Å². The number of hydrogen-bond acceptors (Lipinski definition) is 3. The Morgan fingerprint density at radius 3 is 2.20 bits per heavy atom. The first-order valence-corrected chi connectivity index (χ1v) is 7.55. The van der Waals surface area contributed by atoms with Gasteiger partial charge in [-0.15, -0.1) is 0 Å². The van der Waals surface area contributed by atoms with Crippen molar-refractivity contribution in [2.24, 2.45) is 11.1 Å². The molecule has 0 rings (SSSR count). The molecule has 0 spiro atoms. The highest BCUT2D eigenvalue weighted by molar-refractivity contribution is 7.91. The van der Waals surface area contributed by atoms with Gasteiger partial charge in [-0.2, -0.15) is 0 Å². The summed E-state index contributed by atoms with van der Waals surface area (Å²) in [5.41, 5.74) is 5.50. The lowest BCUT2D eigenvalue weighted by atomic mass is 9.91. The molecule has 0 aliphatic heterocycles. The van der Waals surface area contributed by atoms with Crippen LogP contribution in [0.25, 0.3) is 0 Å². The quantitative estimate of drug-likeness (QED) is 0.654. The maximum absolute atomic E-state index is 11.6. The Labute approximate surface area is 94.4 Å². The van der Waals surface area contributed by atoms with E-state index in [9.17, 15) is 8.42 Å². The van der Waals surface area contributed by atoms with Crippen LogP contribution in [0, 0.1) is 5.41 Å². The summed E-state index contributed by atoms with van der Waals surface area (Å²) in [6.45, 7) is 6.63. The molecule has 0 fully saturated rings. The normalized spacial score (nSPS) is 13.1. The Morgan fingerprint density at radius 1 is 1.13 bits per heavy atom. The molecule has 0 aromatic heterocycles. The molecule has 4 heteroatoms. The van der Waals surface area contributed by atoms with Crippen molar-refractivity contribution in [1.82, 2.24) is 0 Å². The summed E-state index contributed by atoms with van der Waals surface area (Å²) in [6, 6.07) is 0. The second-order valence-corrected chi connectivity index (χ2v) is 7.28. The van der Waals surface area contributed by atoms with E-state index in [1.807, 2.05) is 13.8 Å². The maximum Gasteiger partial charge on any atom is 0.150 e. The Bertz CT molecular complexity index is 258. The molecule has 0 atom stereocenters. The third kappa shape index (κ3) is 7.79. The van der Waals surface area contributed by atoms with Crippen LogP contribution in [0.1, 0.15) is 46.5 Å². The lowest BCUT2D eigenvalue weighted by Crippen LogP contribution is -2.27.